The zero-order valence-corrected chi connectivity index (χ0v) is 5.63. The number of amides is 2. The van der Waals surface area contributed by atoms with Crippen LogP contribution in [0.2, 0.25) is 0 Å². The molecule has 0 unspecified atom stereocenters. The average Bonchev–Trinajstić information content (AvgIpc) is 1.33. The molecule has 0 aromatic rings. The maximum atomic E-state index is 9.00. The van der Waals surface area contributed by atoms with E-state index in [1.165, 1.54) is 0 Å². The Kier molecular flexibility index (Phi) is 14.2. The fourth-order valence-electron chi connectivity index (χ4n) is 0. The Hall–Kier alpha value is 0.344. The molecule has 0 aromatic heterocycles. The van der Waals surface area contributed by atoms with Crippen molar-refractivity contribution in [2.24, 2.45) is 11.5 Å². The van der Waals surface area contributed by atoms with Crippen LogP contribution in [0.5, 0.6) is 0 Å². The number of urea groups is 1. The summed E-state index contributed by atoms with van der Waals surface area (Å²) in [5.74, 6) is 0. The van der Waals surface area contributed by atoms with Gasteiger partial charge in [0.1, 0.15) is 0 Å². The van der Waals surface area contributed by atoms with Gasteiger partial charge >= 0.3 is 39.1 Å². The van der Waals surface area contributed by atoms with Crippen LogP contribution < -0.4 is 11.5 Å². The van der Waals surface area contributed by atoms with Crippen LogP contribution in [0, 0.1) is 0 Å². The Bertz CT molecular complexity index is 47.0. The van der Waals surface area contributed by atoms with E-state index < -0.39 is 6.03 Å². The van der Waals surface area contributed by atoms with Gasteiger partial charge < -0.3 is 11.5 Å². The molecule has 6 heteroatoms. The second-order valence-electron chi connectivity index (χ2n) is 0.448. The van der Waals surface area contributed by atoms with E-state index in [2.05, 4.69) is 11.5 Å². The van der Waals surface area contributed by atoms with Gasteiger partial charge in [0.2, 0.25) is 0 Å². The normalized spacial score (nSPS) is 6.57. The molecule has 4 N–H and O–H groups in total. The van der Waals surface area contributed by atoms with Crippen LogP contribution in [0.25, 0.3) is 0 Å². The molecule has 0 aliphatic carbocycles. The van der Waals surface area contributed by atoms with Gasteiger partial charge in [0.05, 0.1) is 0 Å². The zero-order chi connectivity index (χ0) is 6.28. The van der Waals surface area contributed by atoms with Gasteiger partial charge in [-0.25, -0.2) is 4.79 Å². The van der Waals surface area contributed by atoms with Crippen molar-refractivity contribution in [3.05, 3.63) is 0 Å². The van der Waals surface area contributed by atoms with Crippen molar-refractivity contribution in [3.63, 3.8) is 0 Å². The van der Waals surface area contributed by atoms with Gasteiger partial charge in [-0.2, -0.15) is 0 Å². The predicted molar refractivity (Wildman–Crippen MR) is 25.5 cm³/mol. The van der Waals surface area contributed by atoms with Crippen LogP contribution in [0.15, 0.2) is 0 Å². The fraction of sp³-hybridized carbons (Fsp3) is 0. The Morgan fingerprint density at radius 1 is 1.43 bits per heavy atom. The molecule has 0 atom stereocenters. The van der Waals surface area contributed by atoms with E-state index >= 15 is 0 Å². The van der Waals surface area contributed by atoms with Crippen molar-refractivity contribution in [2.75, 3.05) is 0 Å². The number of halogens is 2. The Morgan fingerprint density at radius 2 is 1.43 bits per heavy atom. The maximum absolute atomic E-state index is 9.00. The van der Waals surface area contributed by atoms with Gasteiger partial charge in [0, 0.05) is 0 Å². The van der Waals surface area contributed by atoms with E-state index in [1.807, 2.05) is 0 Å². The number of hydrogen-bond donors (Lipinski definition) is 2. The first-order valence-corrected chi connectivity index (χ1v) is 3.74. The molecule has 0 heterocycles. The van der Waals surface area contributed by atoms with Gasteiger partial charge in [-0.15, -0.1) is 0 Å². The standard InChI is InChI=1S/CH4N2O.2ClH.Ni/c2-1(3)4;;;/h(H4,2,3,4);2*1H;/q;;;+2/p-2. The molecule has 0 saturated heterocycles. The summed E-state index contributed by atoms with van der Waals surface area (Å²) in [6.45, 7) is 0. The quantitative estimate of drug-likeness (QED) is 0.533. The van der Waals surface area contributed by atoms with E-state index in [9.17, 15) is 0 Å². The van der Waals surface area contributed by atoms with Crippen LogP contribution in [0.3, 0.4) is 0 Å². The minimum atomic E-state index is -0.833. The van der Waals surface area contributed by atoms with Crippen LogP contribution in [0.4, 0.5) is 4.79 Å². The van der Waals surface area contributed by atoms with Crippen LogP contribution in [-0.2, 0) is 12.7 Å². The van der Waals surface area contributed by atoms with Crippen LogP contribution in [-0.4, -0.2) is 6.03 Å². The third kappa shape index (κ3) is 1010. The molecular weight excluding hydrogens is 186 g/mol. The summed E-state index contributed by atoms with van der Waals surface area (Å²) in [4.78, 5) is 9.00. The number of primary amides is 2. The van der Waals surface area contributed by atoms with E-state index in [-0.39, 0.29) is 0 Å². The van der Waals surface area contributed by atoms with Crippen molar-refractivity contribution < 1.29 is 17.4 Å². The molecule has 0 fully saturated rings. The first-order valence-electron chi connectivity index (χ1n) is 1.02. The number of rotatable bonds is 0. The number of carbonyl (C=O) groups is 1. The first kappa shape index (κ1) is 10.3. The topological polar surface area (TPSA) is 69.1 Å². The molecule has 0 rings (SSSR count). The molecule has 0 spiro atoms. The fourth-order valence-corrected chi connectivity index (χ4v) is 0. The molecule has 3 nitrogen and oxygen atoms in total. The molecule has 0 saturated carbocycles. The molecule has 48 valence electrons. The van der Waals surface area contributed by atoms with Gasteiger partial charge in [-0.3, -0.25) is 0 Å². The van der Waals surface area contributed by atoms with E-state index in [0.29, 0.717) is 12.7 Å². The van der Waals surface area contributed by atoms with Crippen molar-refractivity contribution in [1.82, 2.24) is 0 Å². The monoisotopic (exact) mass is 188 g/mol. The first-order chi connectivity index (χ1) is 3.15. The second-order valence-corrected chi connectivity index (χ2v) is 2.08. The van der Waals surface area contributed by atoms with E-state index in [4.69, 9.17) is 25.2 Å². The summed E-state index contributed by atoms with van der Waals surface area (Å²) in [5.41, 5.74) is 8.50. The Labute approximate surface area is 55.7 Å². The average molecular weight is 190 g/mol. The third-order valence-electron chi connectivity index (χ3n) is 0. The van der Waals surface area contributed by atoms with Crippen molar-refractivity contribution in [2.45, 2.75) is 0 Å². The third-order valence-corrected chi connectivity index (χ3v) is 0. The van der Waals surface area contributed by atoms with Crippen molar-refractivity contribution >= 4 is 26.4 Å². The Balaban J connectivity index is 0. The molecular formula is CH4Cl2N2NiO. The molecule has 2 amide bonds. The van der Waals surface area contributed by atoms with Gasteiger partial charge in [-0.1, -0.05) is 0 Å². The van der Waals surface area contributed by atoms with Crippen molar-refractivity contribution in [3.8, 4) is 0 Å². The second kappa shape index (κ2) is 9.60. The molecule has 0 aromatic carbocycles. The van der Waals surface area contributed by atoms with Crippen LogP contribution in [0.1, 0.15) is 0 Å². The SMILES string of the molecule is NC(N)=O.[Cl][Ni][Cl]. The predicted octanol–water partition coefficient (Wildman–Crippen LogP) is 0.400. The van der Waals surface area contributed by atoms with E-state index in [0.717, 1.165) is 0 Å². The summed E-state index contributed by atoms with van der Waals surface area (Å²) >= 11 is 0.569. The molecule has 0 radical (unpaired) electrons. The summed E-state index contributed by atoms with van der Waals surface area (Å²) in [6.07, 6.45) is 0. The summed E-state index contributed by atoms with van der Waals surface area (Å²) in [6, 6.07) is -0.833. The molecule has 0 aliphatic rings. The number of nitrogens with two attached hydrogens (primary N) is 2. The van der Waals surface area contributed by atoms with Gasteiger partial charge in [-0.05, 0) is 0 Å². The summed E-state index contributed by atoms with van der Waals surface area (Å²) in [7, 11) is 9.40. The molecule has 0 aliphatic heterocycles. The van der Waals surface area contributed by atoms with Gasteiger partial charge in [0.25, 0.3) is 0 Å². The van der Waals surface area contributed by atoms with Crippen LogP contribution >= 0.6 is 20.4 Å². The molecule has 0 bridgehead atoms. The Morgan fingerprint density at radius 3 is 1.43 bits per heavy atom. The number of hydrogen-bond acceptors (Lipinski definition) is 1. The zero-order valence-electron chi connectivity index (χ0n) is 3.14. The summed E-state index contributed by atoms with van der Waals surface area (Å²) in [5, 5.41) is 0. The summed E-state index contributed by atoms with van der Waals surface area (Å²) < 4.78 is 0. The minimum absolute atomic E-state index is 0.569. The van der Waals surface area contributed by atoms with Gasteiger partial charge in [0.15, 0.2) is 0 Å². The number of carbonyl (C=O) groups excluding carboxylic acids is 1. The van der Waals surface area contributed by atoms with Crippen molar-refractivity contribution in [1.29, 1.82) is 0 Å². The molecule has 7 heavy (non-hydrogen) atoms. The van der Waals surface area contributed by atoms with E-state index in [1.54, 1.807) is 0 Å².